The third kappa shape index (κ3) is 4.06. The molecule has 0 amide bonds. The van der Waals surface area contributed by atoms with Crippen molar-refractivity contribution in [1.82, 2.24) is 5.16 Å². The van der Waals surface area contributed by atoms with E-state index in [1.54, 1.807) is 12.3 Å². The molecule has 0 aliphatic carbocycles. The summed E-state index contributed by atoms with van der Waals surface area (Å²) in [6.07, 6.45) is 2.41. The molecule has 0 aliphatic heterocycles. The predicted octanol–water partition coefficient (Wildman–Crippen LogP) is 3.67. The summed E-state index contributed by atoms with van der Waals surface area (Å²) in [5, 5.41) is 3.63. The Balaban J connectivity index is 2.12. The molecule has 2 aromatic rings. The van der Waals surface area contributed by atoms with Crippen LogP contribution in [0.2, 0.25) is 0 Å². The first-order valence-corrected chi connectivity index (χ1v) is 7.40. The average Bonchev–Trinajstić information content (AvgIpc) is 2.79. The van der Waals surface area contributed by atoms with E-state index < -0.39 is 0 Å². The van der Waals surface area contributed by atoms with Crippen molar-refractivity contribution in [3.05, 3.63) is 44.7 Å². The second kappa shape index (κ2) is 6.54. The molecule has 2 N–H and O–H groups in total. The zero-order valence-electron chi connectivity index (χ0n) is 10.4. The molecule has 19 heavy (non-hydrogen) atoms. The zero-order chi connectivity index (χ0) is 13.8. The lowest BCUT2D eigenvalue weighted by Gasteiger charge is -2.12. The molecule has 1 heterocycles. The highest BCUT2D eigenvalue weighted by atomic mass is 79.9. The van der Waals surface area contributed by atoms with Crippen LogP contribution in [0.4, 0.5) is 0 Å². The highest BCUT2D eigenvalue weighted by molar-refractivity contribution is 9.11. The summed E-state index contributed by atoms with van der Waals surface area (Å²) < 4.78 is 12.5. The lowest BCUT2D eigenvalue weighted by atomic mass is 10.1. The number of hydrogen-bond donors (Lipinski definition) is 1. The van der Waals surface area contributed by atoms with Crippen molar-refractivity contribution in [2.24, 2.45) is 5.73 Å². The second-order valence-corrected chi connectivity index (χ2v) is 6.05. The van der Waals surface area contributed by atoms with Gasteiger partial charge in [0.05, 0.1) is 15.1 Å². The molecule has 0 spiro atoms. The second-order valence-electron chi connectivity index (χ2n) is 4.34. The average molecular weight is 390 g/mol. The van der Waals surface area contributed by atoms with Crippen LogP contribution in [0, 0.1) is 0 Å². The molecule has 4 nitrogen and oxygen atoms in total. The van der Waals surface area contributed by atoms with E-state index in [1.807, 2.05) is 19.1 Å². The Morgan fingerprint density at radius 2 is 2.05 bits per heavy atom. The highest BCUT2D eigenvalue weighted by Crippen LogP contribution is 2.35. The van der Waals surface area contributed by atoms with Crippen molar-refractivity contribution in [1.29, 1.82) is 0 Å². The van der Waals surface area contributed by atoms with Gasteiger partial charge in [0.1, 0.15) is 12.4 Å². The summed E-state index contributed by atoms with van der Waals surface area (Å²) in [5.41, 5.74) is 6.96. The summed E-state index contributed by atoms with van der Waals surface area (Å²) in [6.45, 7) is 2.32. The number of benzene rings is 1. The number of ether oxygens (including phenoxy) is 1. The number of nitrogens with two attached hydrogens (primary N) is 1. The summed E-state index contributed by atoms with van der Waals surface area (Å²) in [7, 11) is 0. The Morgan fingerprint density at radius 1 is 1.37 bits per heavy atom. The van der Waals surface area contributed by atoms with Gasteiger partial charge in [0.25, 0.3) is 0 Å². The molecule has 0 radical (unpaired) electrons. The summed E-state index contributed by atoms with van der Waals surface area (Å²) in [5.74, 6) is 1.42. The van der Waals surface area contributed by atoms with E-state index in [4.69, 9.17) is 15.0 Å². The van der Waals surface area contributed by atoms with E-state index in [9.17, 15) is 0 Å². The Kier molecular flexibility index (Phi) is 5.01. The molecule has 0 saturated heterocycles. The third-order valence-electron chi connectivity index (χ3n) is 2.47. The van der Waals surface area contributed by atoms with Gasteiger partial charge in [-0.1, -0.05) is 5.16 Å². The number of halogens is 2. The van der Waals surface area contributed by atoms with Crippen LogP contribution in [0.1, 0.15) is 18.2 Å². The standard InChI is InChI=1S/C13H14Br2N2O2/c1-8(16)4-9-5-11(14)13(12(15)6-9)18-7-10-2-3-17-19-10/h2-3,5-6,8H,4,7,16H2,1H3. The van der Waals surface area contributed by atoms with Gasteiger partial charge in [-0.25, -0.2) is 0 Å². The van der Waals surface area contributed by atoms with Gasteiger partial charge in [0, 0.05) is 12.1 Å². The molecule has 6 heteroatoms. The molecule has 0 aliphatic rings. The maximum atomic E-state index is 5.80. The van der Waals surface area contributed by atoms with Crippen LogP contribution in [0.3, 0.4) is 0 Å². The van der Waals surface area contributed by atoms with E-state index >= 15 is 0 Å². The SMILES string of the molecule is CC(N)Cc1cc(Br)c(OCc2ccno2)c(Br)c1. The van der Waals surface area contributed by atoms with E-state index in [1.165, 1.54) is 0 Å². The van der Waals surface area contributed by atoms with Crippen molar-refractivity contribution in [3.63, 3.8) is 0 Å². The van der Waals surface area contributed by atoms with E-state index in [0.29, 0.717) is 12.4 Å². The van der Waals surface area contributed by atoms with Crippen molar-refractivity contribution in [3.8, 4) is 5.75 Å². The Hall–Kier alpha value is -0.850. The van der Waals surface area contributed by atoms with Crippen LogP contribution < -0.4 is 10.5 Å². The van der Waals surface area contributed by atoms with E-state index in [-0.39, 0.29) is 6.04 Å². The lowest BCUT2D eigenvalue weighted by molar-refractivity contribution is 0.247. The molecule has 1 unspecified atom stereocenters. The van der Waals surface area contributed by atoms with Gasteiger partial charge in [-0.15, -0.1) is 0 Å². The normalized spacial score (nSPS) is 12.4. The van der Waals surface area contributed by atoms with Gasteiger partial charge in [-0.05, 0) is 62.9 Å². The van der Waals surface area contributed by atoms with Gasteiger partial charge in [-0.2, -0.15) is 0 Å². The van der Waals surface area contributed by atoms with Crippen molar-refractivity contribution < 1.29 is 9.26 Å². The van der Waals surface area contributed by atoms with Crippen molar-refractivity contribution in [2.45, 2.75) is 26.0 Å². The van der Waals surface area contributed by atoms with E-state index in [0.717, 1.165) is 26.7 Å². The molecule has 102 valence electrons. The lowest BCUT2D eigenvalue weighted by Crippen LogP contribution is -2.17. The number of aromatic nitrogens is 1. The Bertz CT molecular complexity index is 519. The monoisotopic (exact) mass is 388 g/mol. The molecule has 0 bridgehead atoms. The van der Waals surface area contributed by atoms with Crippen LogP contribution >= 0.6 is 31.9 Å². The molecule has 1 aromatic heterocycles. The Morgan fingerprint density at radius 3 is 2.58 bits per heavy atom. The fourth-order valence-corrected chi connectivity index (χ4v) is 3.21. The summed E-state index contributed by atoms with van der Waals surface area (Å²) in [6, 6.07) is 5.93. The largest absolute Gasteiger partial charge is 0.483 e. The van der Waals surface area contributed by atoms with Crippen molar-refractivity contribution >= 4 is 31.9 Å². The third-order valence-corrected chi connectivity index (χ3v) is 3.64. The van der Waals surface area contributed by atoms with Crippen LogP contribution in [-0.2, 0) is 13.0 Å². The van der Waals surface area contributed by atoms with Crippen LogP contribution in [0.5, 0.6) is 5.75 Å². The van der Waals surface area contributed by atoms with Crippen LogP contribution in [-0.4, -0.2) is 11.2 Å². The highest BCUT2D eigenvalue weighted by Gasteiger charge is 2.11. The van der Waals surface area contributed by atoms with Gasteiger partial charge in [-0.3, -0.25) is 0 Å². The summed E-state index contributed by atoms with van der Waals surface area (Å²) >= 11 is 7.02. The van der Waals surface area contributed by atoms with Gasteiger partial charge >= 0.3 is 0 Å². The number of nitrogens with zero attached hydrogens (tertiary/aromatic N) is 1. The summed E-state index contributed by atoms with van der Waals surface area (Å²) in [4.78, 5) is 0. The Labute approximate surface area is 128 Å². The van der Waals surface area contributed by atoms with Gasteiger partial charge in [0.2, 0.25) is 0 Å². The van der Waals surface area contributed by atoms with Gasteiger partial charge < -0.3 is 15.0 Å². The first-order valence-electron chi connectivity index (χ1n) is 5.82. The first-order chi connectivity index (χ1) is 9.06. The van der Waals surface area contributed by atoms with Crippen LogP contribution in [0.25, 0.3) is 0 Å². The molecule has 1 atom stereocenters. The minimum absolute atomic E-state index is 0.125. The molecule has 2 rings (SSSR count). The first kappa shape index (κ1) is 14.6. The predicted molar refractivity (Wildman–Crippen MR) is 80.0 cm³/mol. The zero-order valence-corrected chi connectivity index (χ0v) is 13.6. The topological polar surface area (TPSA) is 61.3 Å². The minimum Gasteiger partial charge on any atom is -0.483 e. The molecule has 1 aromatic carbocycles. The van der Waals surface area contributed by atoms with Crippen molar-refractivity contribution in [2.75, 3.05) is 0 Å². The molecule has 0 fully saturated rings. The smallest absolute Gasteiger partial charge is 0.174 e. The molecule has 0 saturated carbocycles. The molecular formula is C13H14Br2N2O2. The maximum absolute atomic E-state index is 5.80. The van der Waals surface area contributed by atoms with E-state index in [2.05, 4.69) is 37.0 Å². The maximum Gasteiger partial charge on any atom is 0.174 e. The van der Waals surface area contributed by atoms with Crippen LogP contribution in [0.15, 0.2) is 37.9 Å². The molecular weight excluding hydrogens is 376 g/mol. The fraction of sp³-hybridized carbons (Fsp3) is 0.308. The quantitative estimate of drug-likeness (QED) is 0.847. The van der Waals surface area contributed by atoms with Gasteiger partial charge in [0.15, 0.2) is 5.76 Å². The number of rotatable bonds is 5. The number of hydrogen-bond acceptors (Lipinski definition) is 4. The minimum atomic E-state index is 0.125. The fourth-order valence-electron chi connectivity index (χ4n) is 1.70.